The van der Waals surface area contributed by atoms with E-state index in [0.29, 0.717) is 34.6 Å². The Morgan fingerprint density at radius 2 is 2.15 bits per heavy atom. The number of aryl methyl sites for hydroxylation is 1. The highest BCUT2D eigenvalue weighted by molar-refractivity contribution is 7.99. The van der Waals surface area contributed by atoms with E-state index in [-0.39, 0.29) is 36.8 Å². The molecule has 3 rings (SSSR count). The standard InChI is InChI=1S/C16H20ClN5OS.2ClH/c1-10-5-11(7-18)9-22(10)15(23)12-6-13(17)14(20-8-12)24-16-19-3-4-21(16)2;;/h3-4,6,8,10-11H,5,7,9,18H2,1-2H3;2*1H. The maximum atomic E-state index is 12.7. The van der Waals surface area contributed by atoms with Crippen molar-refractivity contribution in [3.63, 3.8) is 0 Å². The minimum absolute atomic E-state index is 0. The number of halogens is 3. The van der Waals surface area contributed by atoms with Gasteiger partial charge in [-0.15, -0.1) is 24.8 Å². The number of hydrogen-bond acceptors (Lipinski definition) is 5. The molecule has 1 fully saturated rings. The van der Waals surface area contributed by atoms with Crippen LogP contribution in [0.4, 0.5) is 0 Å². The maximum absolute atomic E-state index is 12.7. The first-order chi connectivity index (χ1) is 11.5. The molecule has 0 aliphatic carbocycles. The van der Waals surface area contributed by atoms with Gasteiger partial charge < -0.3 is 15.2 Å². The maximum Gasteiger partial charge on any atom is 0.255 e. The van der Waals surface area contributed by atoms with Crippen LogP contribution in [-0.2, 0) is 7.05 Å². The van der Waals surface area contributed by atoms with E-state index >= 15 is 0 Å². The highest BCUT2D eigenvalue weighted by Gasteiger charge is 2.32. The summed E-state index contributed by atoms with van der Waals surface area (Å²) in [7, 11) is 1.91. The molecule has 2 aromatic heterocycles. The molecule has 144 valence electrons. The van der Waals surface area contributed by atoms with Gasteiger partial charge in [-0.25, -0.2) is 9.97 Å². The van der Waals surface area contributed by atoms with E-state index in [1.165, 1.54) is 11.8 Å². The van der Waals surface area contributed by atoms with E-state index in [2.05, 4.69) is 9.97 Å². The van der Waals surface area contributed by atoms with Crippen LogP contribution in [0.3, 0.4) is 0 Å². The molecule has 0 radical (unpaired) electrons. The first-order valence-corrected chi connectivity index (χ1v) is 9.00. The molecule has 2 atom stereocenters. The zero-order valence-corrected chi connectivity index (χ0v) is 17.7. The fraction of sp³-hybridized carbons (Fsp3) is 0.438. The lowest BCUT2D eigenvalue weighted by molar-refractivity contribution is 0.0743. The Morgan fingerprint density at radius 1 is 1.42 bits per heavy atom. The number of rotatable bonds is 4. The van der Waals surface area contributed by atoms with Crippen molar-refractivity contribution in [2.75, 3.05) is 13.1 Å². The number of amides is 1. The molecular formula is C16H22Cl3N5OS. The second kappa shape index (κ2) is 9.80. The number of carbonyl (C=O) groups excluding carboxylic acids is 1. The van der Waals surface area contributed by atoms with Crippen molar-refractivity contribution in [3.05, 3.63) is 35.2 Å². The van der Waals surface area contributed by atoms with Crippen molar-refractivity contribution in [1.29, 1.82) is 0 Å². The van der Waals surface area contributed by atoms with Gasteiger partial charge in [0.15, 0.2) is 5.16 Å². The molecule has 2 aromatic rings. The number of nitrogens with zero attached hydrogens (tertiary/aromatic N) is 4. The minimum atomic E-state index is -0.0404. The monoisotopic (exact) mass is 437 g/mol. The Kier molecular flexibility index (Phi) is 8.69. The molecule has 1 aliphatic heterocycles. The van der Waals surface area contributed by atoms with Crippen LogP contribution in [0.5, 0.6) is 0 Å². The van der Waals surface area contributed by atoms with Gasteiger partial charge in [-0.1, -0.05) is 11.6 Å². The summed E-state index contributed by atoms with van der Waals surface area (Å²) in [5, 5.41) is 1.88. The molecule has 10 heteroatoms. The van der Waals surface area contributed by atoms with Crippen LogP contribution in [0, 0.1) is 5.92 Å². The predicted octanol–water partition coefficient (Wildman–Crippen LogP) is 3.27. The number of likely N-dealkylation sites (tertiary alicyclic amines) is 1. The summed E-state index contributed by atoms with van der Waals surface area (Å²) in [6.07, 6.45) is 6.10. The minimum Gasteiger partial charge on any atom is -0.336 e. The van der Waals surface area contributed by atoms with Crippen LogP contribution >= 0.6 is 48.2 Å². The Balaban J connectivity index is 0.00000169. The Morgan fingerprint density at radius 3 is 2.69 bits per heavy atom. The molecule has 0 saturated carbocycles. The quantitative estimate of drug-likeness (QED) is 0.792. The molecule has 1 saturated heterocycles. The molecule has 6 nitrogen and oxygen atoms in total. The number of carbonyl (C=O) groups is 1. The zero-order valence-electron chi connectivity index (χ0n) is 14.5. The molecule has 3 heterocycles. The van der Waals surface area contributed by atoms with Crippen molar-refractivity contribution in [1.82, 2.24) is 19.4 Å². The van der Waals surface area contributed by atoms with Crippen molar-refractivity contribution < 1.29 is 4.79 Å². The van der Waals surface area contributed by atoms with E-state index < -0.39 is 0 Å². The third kappa shape index (κ3) is 4.84. The van der Waals surface area contributed by atoms with Gasteiger partial charge in [0.1, 0.15) is 5.03 Å². The topological polar surface area (TPSA) is 77.0 Å². The first-order valence-electron chi connectivity index (χ1n) is 7.81. The summed E-state index contributed by atoms with van der Waals surface area (Å²) in [6, 6.07) is 1.87. The Hall–Kier alpha value is -0.990. The first kappa shape index (κ1) is 23.0. The highest BCUT2D eigenvalue weighted by Crippen LogP contribution is 2.31. The third-order valence-electron chi connectivity index (χ3n) is 4.27. The lowest BCUT2D eigenvalue weighted by Crippen LogP contribution is -2.34. The number of hydrogen-bond donors (Lipinski definition) is 1. The molecular weight excluding hydrogens is 417 g/mol. The van der Waals surface area contributed by atoms with Gasteiger partial charge in [-0.2, -0.15) is 0 Å². The number of imidazole rings is 1. The average molecular weight is 439 g/mol. The van der Waals surface area contributed by atoms with E-state index in [0.717, 1.165) is 11.6 Å². The molecule has 0 spiro atoms. The van der Waals surface area contributed by atoms with E-state index in [9.17, 15) is 4.79 Å². The lowest BCUT2D eigenvalue weighted by Gasteiger charge is -2.21. The van der Waals surface area contributed by atoms with Gasteiger partial charge in [0.2, 0.25) is 0 Å². The SMILES string of the molecule is CC1CC(CN)CN1C(=O)c1cnc(Sc2nccn2C)c(Cl)c1.Cl.Cl. The van der Waals surface area contributed by atoms with Gasteiger partial charge in [0.05, 0.1) is 10.6 Å². The fourth-order valence-electron chi connectivity index (χ4n) is 2.92. The second-order valence-corrected chi connectivity index (χ2v) is 7.44. The largest absolute Gasteiger partial charge is 0.336 e. The molecule has 1 amide bonds. The van der Waals surface area contributed by atoms with Gasteiger partial charge in [0.25, 0.3) is 5.91 Å². The van der Waals surface area contributed by atoms with Crippen LogP contribution in [-0.4, -0.2) is 44.5 Å². The number of pyridine rings is 1. The van der Waals surface area contributed by atoms with E-state index in [4.69, 9.17) is 17.3 Å². The summed E-state index contributed by atoms with van der Waals surface area (Å²) in [4.78, 5) is 23.2. The summed E-state index contributed by atoms with van der Waals surface area (Å²) < 4.78 is 1.89. The molecule has 1 aliphatic rings. The van der Waals surface area contributed by atoms with Crippen LogP contribution in [0.2, 0.25) is 5.02 Å². The Labute approximate surface area is 174 Å². The third-order valence-corrected chi connectivity index (χ3v) is 5.77. The zero-order chi connectivity index (χ0) is 17.3. The summed E-state index contributed by atoms with van der Waals surface area (Å²) in [5.41, 5.74) is 6.24. The number of aromatic nitrogens is 3. The van der Waals surface area contributed by atoms with Crippen LogP contribution in [0.1, 0.15) is 23.7 Å². The smallest absolute Gasteiger partial charge is 0.255 e. The van der Waals surface area contributed by atoms with Crippen molar-refractivity contribution in [2.24, 2.45) is 18.7 Å². The summed E-state index contributed by atoms with van der Waals surface area (Å²) >= 11 is 7.70. The number of nitrogens with two attached hydrogens (primary N) is 1. The summed E-state index contributed by atoms with van der Waals surface area (Å²) in [6.45, 7) is 3.35. The predicted molar refractivity (Wildman–Crippen MR) is 109 cm³/mol. The van der Waals surface area contributed by atoms with E-state index in [1.807, 2.05) is 29.6 Å². The lowest BCUT2D eigenvalue weighted by atomic mass is 10.1. The van der Waals surface area contributed by atoms with Crippen molar-refractivity contribution in [2.45, 2.75) is 29.6 Å². The van der Waals surface area contributed by atoms with Gasteiger partial charge in [-0.3, -0.25) is 4.79 Å². The van der Waals surface area contributed by atoms with Gasteiger partial charge >= 0.3 is 0 Å². The second-order valence-electron chi connectivity index (χ2n) is 6.08. The van der Waals surface area contributed by atoms with Crippen molar-refractivity contribution in [3.8, 4) is 0 Å². The fourth-order valence-corrected chi connectivity index (χ4v) is 3.95. The van der Waals surface area contributed by atoms with Crippen LogP contribution < -0.4 is 5.73 Å². The van der Waals surface area contributed by atoms with Gasteiger partial charge in [0, 0.05) is 38.2 Å². The van der Waals surface area contributed by atoms with Crippen molar-refractivity contribution >= 4 is 54.1 Å². The normalized spacial score (nSPS) is 19.0. The van der Waals surface area contributed by atoms with Gasteiger partial charge in [-0.05, 0) is 43.6 Å². The molecule has 0 bridgehead atoms. The van der Waals surface area contributed by atoms with E-state index in [1.54, 1.807) is 18.5 Å². The molecule has 26 heavy (non-hydrogen) atoms. The van der Waals surface area contributed by atoms with Crippen LogP contribution in [0.25, 0.3) is 0 Å². The van der Waals surface area contributed by atoms with Crippen LogP contribution in [0.15, 0.2) is 34.8 Å². The molecule has 0 aromatic carbocycles. The molecule has 2 unspecified atom stereocenters. The molecule has 2 N–H and O–H groups in total. The Bertz CT molecular complexity index is 757. The average Bonchev–Trinajstić information content (AvgIpc) is 3.14. The summed E-state index contributed by atoms with van der Waals surface area (Å²) in [5.74, 6) is 0.326. The highest BCUT2D eigenvalue weighted by atomic mass is 35.5.